The lowest BCUT2D eigenvalue weighted by molar-refractivity contribution is -0.165. The predicted molar refractivity (Wildman–Crippen MR) is 452 cm³/mol. The van der Waals surface area contributed by atoms with Gasteiger partial charge in [-0.15, -0.1) is 0 Å². The van der Waals surface area contributed by atoms with Crippen LogP contribution in [0, 0.1) is 32.5 Å². The Balaban J connectivity index is -0.000000388. The molecule has 38 heteroatoms. The summed E-state index contributed by atoms with van der Waals surface area (Å²) >= 11 is 0. The monoisotopic (exact) mass is 1750 g/mol. The number of Topliss-reactive ketones (excluding diaryl/α,β-unsaturated/α-hetero) is 1. The first-order valence-electron chi connectivity index (χ1n) is 40.6. The average Bonchev–Trinajstić information content (AvgIpc) is 0.820. The Bertz CT molecular complexity index is 2960. The maximum Gasteiger partial charge on any atom is 0.333 e. The molecule has 0 aliphatic carbocycles. The maximum atomic E-state index is 12.9. The van der Waals surface area contributed by atoms with Gasteiger partial charge >= 0.3 is 53.7 Å². The second-order valence-electron chi connectivity index (χ2n) is 30.6. The normalized spacial score (nSPS) is 11.8. The van der Waals surface area contributed by atoms with Crippen molar-refractivity contribution < 1.29 is 148 Å². The molecule has 11 N–H and O–H groups in total. The molecule has 0 bridgehead atoms. The number of carbonyl (C=O) groups is 15. The largest absolute Gasteiger partial charge is 0.469 e. The van der Waals surface area contributed by atoms with Crippen molar-refractivity contribution in [1.82, 2.24) is 26.6 Å². The van der Waals surface area contributed by atoms with Crippen LogP contribution in [-0.2, 0) is 143 Å². The topological polar surface area (TPSA) is 538 Å². The molecule has 0 saturated heterocycles. The van der Waals surface area contributed by atoms with Gasteiger partial charge in [-0.25, -0.2) is 9.59 Å². The van der Waals surface area contributed by atoms with Crippen LogP contribution in [0.3, 0.4) is 0 Å². The zero-order chi connectivity index (χ0) is 93.7. The second-order valence-corrected chi connectivity index (χ2v) is 30.6. The summed E-state index contributed by atoms with van der Waals surface area (Å²) in [5, 5.41) is 13.6. The highest BCUT2D eigenvalue weighted by Crippen LogP contribution is 2.39. The molecule has 122 heavy (non-hydrogen) atoms. The van der Waals surface area contributed by atoms with E-state index in [1.54, 1.807) is 90.0 Å². The van der Waals surface area contributed by atoms with Crippen LogP contribution in [0.25, 0.3) is 0 Å². The Morgan fingerprint density at radius 3 is 0.779 bits per heavy atom. The van der Waals surface area contributed by atoms with Gasteiger partial charge in [0.1, 0.15) is 39.6 Å². The molecule has 0 fully saturated rings. The third-order valence-electron chi connectivity index (χ3n) is 18.1. The molecule has 0 radical (unpaired) electrons. The molecule has 0 saturated carbocycles. The average molecular weight is 1760 g/mol. The van der Waals surface area contributed by atoms with E-state index in [-0.39, 0.29) is 157 Å². The summed E-state index contributed by atoms with van der Waals surface area (Å²) in [7, 11) is 3.83. The predicted octanol–water partition coefficient (Wildman–Crippen LogP) is 5.35. The van der Waals surface area contributed by atoms with Gasteiger partial charge < -0.3 is 103 Å². The molecule has 0 heterocycles. The number of ketones is 1. The minimum atomic E-state index is -0.887. The summed E-state index contributed by atoms with van der Waals surface area (Å²) in [4.78, 5) is 176. The van der Waals surface area contributed by atoms with Gasteiger partial charge in [-0.3, -0.25) is 74.0 Å². The van der Waals surface area contributed by atoms with Crippen molar-refractivity contribution in [3.8, 4) is 0 Å². The van der Waals surface area contributed by atoms with Gasteiger partial charge in [-0.1, -0.05) is 75.1 Å². The molecule has 0 rings (SSSR count). The van der Waals surface area contributed by atoms with E-state index in [1.165, 1.54) is 21.3 Å². The van der Waals surface area contributed by atoms with Gasteiger partial charge in [-0.2, -0.15) is 0 Å². The van der Waals surface area contributed by atoms with Crippen LogP contribution in [0.2, 0.25) is 0 Å². The number of hydrazine groups is 1. The van der Waals surface area contributed by atoms with E-state index in [0.29, 0.717) is 154 Å². The first kappa shape index (κ1) is 124. The zero-order valence-electron chi connectivity index (χ0n) is 76.7. The quantitative estimate of drug-likeness (QED) is 0.0101. The summed E-state index contributed by atoms with van der Waals surface area (Å²) in [5.74, 6) is 3.15. The molecule has 2 unspecified atom stereocenters. The number of amides is 5. The van der Waals surface area contributed by atoms with Gasteiger partial charge in [0.2, 0.25) is 29.5 Å². The van der Waals surface area contributed by atoms with E-state index in [2.05, 4.69) is 81.7 Å². The summed E-state index contributed by atoms with van der Waals surface area (Å²) in [6.45, 7) is 46.4. The Morgan fingerprint density at radius 1 is 0.295 bits per heavy atom. The number of allylic oxidation sites excluding steroid dienone is 1. The van der Waals surface area contributed by atoms with Gasteiger partial charge in [-0.05, 0) is 113 Å². The van der Waals surface area contributed by atoms with Crippen LogP contribution in [0.15, 0.2) is 36.5 Å². The first-order chi connectivity index (χ1) is 56.7. The summed E-state index contributed by atoms with van der Waals surface area (Å²) in [5.41, 5.74) is -3.43. The molecule has 5 amide bonds. The van der Waals surface area contributed by atoms with Crippen LogP contribution in [0.1, 0.15) is 208 Å². The molecule has 0 aromatic heterocycles. The van der Waals surface area contributed by atoms with E-state index in [9.17, 15) is 71.9 Å². The van der Waals surface area contributed by atoms with Crippen molar-refractivity contribution in [3.05, 3.63) is 36.5 Å². The molecule has 38 nitrogen and oxygen atoms in total. The molecular weight excluding hydrogens is 1600 g/mol. The lowest BCUT2D eigenvalue weighted by Gasteiger charge is -2.34. The van der Waals surface area contributed by atoms with E-state index in [0.717, 1.165) is 0 Å². The van der Waals surface area contributed by atoms with Gasteiger partial charge in [0.15, 0.2) is 5.78 Å². The van der Waals surface area contributed by atoms with Gasteiger partial charge in [0, 0.05) is 87.0 Å². The van der Waals surface area contributed by atoms with Crippen LogP contribution in [0.5, 0.6) is 0 Å². The highest BCUT2D eigenvalue weighted by molar-refractivity contribution is 5.94. The van der Waals surface area contributed by atoms with Crippen molar-refractivity contribution >= 4 is 89.0 Å². The smallest absolute Gasteiger partial charge is 0.333 e. The van der Waals surface area contributed by atoms with Gasteiger partial charge in [0.25, 0.3) is 0 Å². The summed E-state index contributed by atoms with van der Waals surface area (Å²) in [6, 6.07) is 0. The van der Waals surface area contributed by atoms with Crippen molar-refractivity contribution in [2.45, 2.75) is 208 Å². The van der Waals surface area contributed by atoms with E-state index < -0.39 is 74.3 Å². The van der Waals surface area contributed by atoms with E-state index in [4.69, 9.17) is 47.4 Å². The minimum absolute atomic E-state index is 0. The molecule has 0 aromatic carbocycles. The van der Waals surface area contributed by atoms with Crippen LogP contribution in [0.4, 0.5) is 0 Å². The highest BCUT2D eigenvalue weighted by atomic mass is 16.6. The number of hydrogen-bond donors (Lipinski definition) is 7. The summed E-state index contributed by atoms with van der Waals surface area (Å²) in [6.07, 6.45) is 4.29. The van der Waals surface area contributed by atoms with Crippen LogP contribution >= 0.6 is 0 Å². The van der Waals surface area contributed by atoms with Crippen molar-refractivity contribution in [1.29, 1.82) is 0 Å². The molecule has 2 atom stereocenters. The molecule has 0 aliphatic rings. The fourth-order valence-electron chi connectivity index (χ4n) is 9.35. The third-order valence-corrected chi connectivity index (χ3v) is 18.1. The number of ether oxygens (including phenoxy) is 15. The van der Waals surface area contributed by atoms with E-state index in [1.807, 2.05) is 27.7 Å². The summed E-state index contributed by atoms with van der Waals surface area (Å²) < 4.78 is 76.4. The molecule has 708 valence electrons. The van der Waals surface area contributed by atoms with Crippen molar-refractivity contribution in [2.24, 2.45) is 44.2 Å². The SMILES string of the molecule is C=C(C)C(=O)CCCOCCOCCNC(=O)CCC(=O)OC.C=C(C)C(=O)OCCOC(=O)C(=C)C.CCC(C)(C)C(=O)OCCOC(=O)C(C)(CC)CC(C)(C)C(=O)NCCOCCOCCNC(=O)CCC(=O)OC.CCC(C)(C)C(=O)OCCOC(=O)C(C)(CC)CC(C)(C)C(=O)NCCOCCOCCNC(=O)CCC(=O)OC.NN.O. The lowest BCUT2D eigenvalue weighted by atomic mass is 9.72. The minimum Gasteiger partial charge on any atom is -0.469 e. The lowest BCUT2D eigenvalue weighted by Crippen LogP contribution is -2.44. The Kier molecular flexibility index (Phi) is 73.7. The maximum absolute atomic E-state index is 12.9. The van der Waals surface area contributed by atoms with Crippen molar-refractivity contribution in [3.63, 3.8) is 0 Å². The number of rotatable bonds is 63. The first-order valence-corrected chi connectivity index (χ1v) is 40.6. The second kappa shape index (κ2) is 72.6. The molecular formula is C84H151N7O31. The fraction of sp³-hybridized carbons (Fsp3) is 0.750. The number of methoxy groups -OCH3 is 3. The Hall–Kier alpha value is -8.89. The molecule has 0 aliphatic heterocycles. The Morgan fingerprint density at radius 2 is 0.541 bits per heavy atom. The fourth-order valence-corrected chi connectivity index (χ4v) is 9.35. The number of nitrogens with two attached hydrogens (primary N) is 2. The Labute approximate surface area is 722 Å². The van der Waals surface area contributed by atoms with Crippen LogP contribution < -0.4 is 38.3 Å². The van der Waals surface area contributed by atoms with Crippen LogP contribution in [-0.4, -0.2) is 267 Å². The number of hydrogen-bond acceptors (Lipinski definition) is 32. The molecule has 0 spiro atoms. The third kappa shape index (κ3) is 64.9. The van der Waals surface area contributed by atoms with E-state index >= 15 is 0 Å². The number of esters is 9. The van der Waals surface area contributed by atoms with Crippen molar-refractivity contribution in [2.75, 3.05) is 173 Å². The number of carbonyl (C=O) groups excluding carboxylic acids is 15. The zero-order valence-corrected chi connectivity index (χ0v) is 76.7. The van der Waals surface area contributed by atoms with Gasteiger partial charge in [0.05, 0.1) is 135 Å². The molecule has 0 aromatic rings. The standard InChI is InChI=1S/2C29H52N2O10.C16H27NO6.C10H14O4.H4N2.H2O/c2*1-9-27(3,4)25(35)40-19-20-41-26(36)29(7,10-2)21-28(5,6)24(34)31-14-16-39-18-17-38-15-13-30-22(32)11-12-23(33)37-8;1-13(2)14(18)5-4-9-22-11-12-23-10-8-17-15(19)6-7-16(20)21-3;1-7(2)9(11)13-5-6-14-10(12)8(3)4;1-2;/h2*9-21H2,1-8H3,(H,30,32)(H,31,34);1,4-12H2,2-3H3,(H,17,19);1,3,5-6H2,2,4H3;1-2H2;1H2. The number of nitrogens with one attached hydrogen (secondary N) is 5. The highest BCUT2D eigenvalue weighted by Gasteiger charge is 2.44.